The molecule has 29 heavy (non-hydrogen) atoms. The fourth-order valence-electron chi connectivity index (χ4n) is 4.48. The number of fused-ring (bicyclic) bond motifs is 2. The summed E-state index contributed by atoms with van der Waals surface area (Å²) < 4.78 is 6.01. The van der Waals surface area contributed by atoms with Gasteiger partial charge in [0.25, 0.3) is 5.91 Å². The summed E-state index contributed by atoms with van der Waals surface area (Å²) in [6, 6.07) is 4.55. The number of hydrogen-bond donors (Lipinski definition) is 2. The van der Waals surface area contributed by atoms with E-state index in [0.29, 0.717) is 6.61 Å². The van der Waals surface area contributed by atoms with Gasteiger partial charge >= 0.3 is 0 Å². The standard InChI is InChI=1S/C21H27N5O2S/c1-12-8-16-17(9-15(12)25-5-4-13(22)11-25)28-7-6-26(16)20-23-14-10-21(2,3)24-19(27)18(14)29-20/h8-9,13H,4-7,10-11,22H2,1-3H3,(H,24,27). The van der Waals surface area contributed by atoms with E-state index < -0.39 is 0 Å². The van der Waals surface area contributed by atoms with Crippen LogP contribution in [-0.4, -0.2) is 48.7 Å². The van der Waals surface area contributed by atoms with Crippen molar-refractivity contribution in [3.05, 3.63) is 28.3 Å². The molecular weight excluding hydrogens is 386 g/mol. The van der Waals surface area contributed by atoms with Gasteiger partial charge in [-0.15, -0.1) is 0 Å². The molecule has 1 aromatic carbocycles. The van der Waals surface area contributed by atoms with Crippen molar-refractivity contribution in [1.82, 2.24) is 10.3 Å². The van der Waals surface area contributed by atoms with E-state index in [-0.39, 0.29) is 17.5 Å². The SMILES string of the molecule is Cc1cc2c(cc1N1CCC(N)C1)OCCN2c1nc2c(s1)C(=O)NC(C)(C)C2. The average molecular weight is 414 g/mol. The van der Waals surface area contributed by atoms with Crippen LogP contribution in [0.2, 0.25) is 0 Å². The van der Waals surface area contributed by atoms with Crippen LogP contribution in [0.1, 0.15) is 41.2 Å². The quantitative estimate of drug-likeness (QED) is 0.787. The first-order valence-electron chi connectivity index (χ1n) is 10.2. The molecule has 1 saturated heterocycles. The molecule has 5 rings (SSSR count). The Morgan fingerprint density at radius 3 is 2.90 bits per heavy atom. The topological polar surface area (TPSA) is 83.7 Å². The highest BCUT2D eigenvalue weighted by Gasteiger charge is 2.35. The summed E-state index contributed by atoms with van der Waals surface area (Å²) in [4.78, 5) is 22.6. The van der Waals surface area contributed by atoms with Gasteiger partial charge in [-0.2, -0.15) is 0 Å². The Bertz CT molecular complexity index is 986. The molecule has 1 aromatic heterocycles. The molecule has 7 nitrogen and oxygen atoms in total. The predicted molar refractivity (Wildman–Crippen MR) is 116 cm³/mol. The number of nitrogens with zero attached hydrogens (tertiary/aromatic N) is 3. The fourth-order valence-corrected chi connectivity index (χ4v) is 5.50. The first kappa shape index (κ1) is 18.7. The lowest BCUT2D eigenvalue weighted by molar-refractivity contribution is 0.0901. The minimum absolute atomic E-state index is 0.0228. The molecule has 3 aliphatic heterocycles. The van der Waals surface area contributed by atoms with E-state index in [1.165, 1.54) is 22.6 Å². The number of rotatable bonds is 2. The van der Waals surface area contributed by atoms with Crippen LogP contribution >= 0.6 is 11.3 Å². The maximum Gasteiger partial charge on any atom is 0.263 e. The number of amides is 1. The third kappa shape index (κ3) is 3.24. The van der Waals surface area contributed by atoms with Gasteiger partial charge in [0.15, 0.2) is 5.13 Å². The van der Waals surface area contributed by atoms with Gasteiger partial charge in [-0.25, -0.2) is 4.98 Å². The zero-order valence-electron chi connectivity index (χ0n) is 17.1. The minimum Gasteiger partial charge on any atom is -0.489 e. The van der Waals surface area contributed by atoms with Gasteiger partial charge in [-0.3, -0.25) is 4.79 Å². The summed E-state index contributed by atoms with van der Waals surface area (Å²) in [5.41, 5.74) is 10.2. The Hall–Kier alpha value is -2.32. The van der Waals surface area contributed by atoms with Gasteiger partial charge in [0.1, 0.15) is 17.2 Å². The van der Waals surface area contributed by atoms with Crippen molar-refractivity contribution >= 4 is 33.8 Å². The van der Waals surface area contributed by atoms with E-state index in [2.05, 4.69) is 34.2 Å². The molecule has 1 amide bonds. The van der Waals surface area contributed by atoms with Gasteiger partial charge in [-0.1, -0.05) is 11.3 Å². The number of benzene rings is 1. The van der Waals surface area contributed by atoms with Crippen LogP contribution in [0.4, 0.5) is 16.5 Å². The summed E-state index contributed by atoms with van der Waals surface area (Å²) in [5.74, 6) is 0.848. The van der Waals surface area contributed by atoms with Gasteiger partial charge in [0, 0.05) is 42.8 Å². The van der Waals surface area contributed by atoms with Crippen molar-refractivity contribution in [2.24, 2.45) is 5.73 Å². The Labute approximate surface area is 174 Å². The van der Waals surface area contributed by atoms with Crippen molar-refractivity contribution in [2.75, 3.05) is 36.0 Å². The van der Waals surface area contributed by atoms with Gasteiger partial charge in [0.05, 0.1) is 17.9 Å². The molecule has 0 radical (unpaired) electrons. The van der Waals surface area contributed by atoms with Gasteiger partial charge in [0.2, 0.25) is 0 Å². The normalized spacial score (nSPS) is 22.8. The van der Waals surface area contributed by atoms with Crippen molar-refractivity contribution in [2.45, 2.75) is 45.2 Å². The van der Waals surface area contributed by atoms with Gasteiger partial charge in [-0.05, 0) is 38.8 Å². The van der Waals surface area contributed by atoms with Crippen LogP contribution in [-0.2, 0) is 6.42 Å². The number of nitrogens with two attached hydrogens (primary N) is 1. The number of ether oxygens (including phenoxy) is 1. The Morgan fingerprint density at radius 2 is 2.14 bits per heavy atom. The van der Waals surface area contributed by atoms with E-state index in [0.717, 1.165) is 59.6 Å². The van der Waals surface area contributed by atoms with E-state index in [9.17, 15) is 4.79 Å². The second-order valence-electron chi connectivity index (χ2n) is 8.89. The number of aromatic nitrogens is 1. The first-order valence-corrected chi connectivity index (χ1v) is 11.0. The van der Waals surface area contributed by atoms with Crippen molar-refractivity contribution in [1.29, 1.82) is 0 Å². The highest BCUT2D eigenvalue weighted by Crippen LogP contribution is 2.43. The molecule has 1 atom stereocenters. The van der Waals surface area contributed by atoms with E-state index in [1.807, 2.05) is 13.8 Å². The van der Waals surface area contributed by atoms with Crippen LogP contribution in [0, 0.1) is 6.92 Å². The Balaban J connectivity index is 1.51. The molecule has 0 bridgehead atoms. The second kappa shape index (κ2) is 6.60. The van der Waals surface area contributed by atoms with Crippen LogP contribution in [0.5, 0.6) is 5.75 Å². The first-order chi connectivity index (χ1) is 13.8. The van der Waals surface area contributed by atoms with Crippen LogP contribution in [0.15, 0.2) is 12.1 Å². The second-order valence-corrected chi connectivity index (χ2v) is 9.87. The number of anilines is 3. The minimum atomic E-state index is -0.263. The van der Waals surface area contributed by atoms with E-state index >= 15 is 0 Å². The highest BCUT2D eigenvalue weighted by molar-refractivity contribution is 7.17. The largest absolute Gasteiger partial charge is 0.489 e. The number of aryl methyl sites for hydroxylation is 1. The molecule has 8 heteroatoms. The lowest BCUT2D eigenvalue weighted by Crippen LogP contribution is -2.48. The van der Waals surface area contributed by atoms with Crippen LogP contribution in [0.3, 0.4) is 0 Å². The summed E-state index contributed by atoms with van der Waals surface area (Å²) >= 11 is 1.47. The summed E-state index contributed by atoms with van der Waals surface area (Å²) in [6.45, 7) is 9.38. The molecule has 4 heterocycles. The molecule has 3 N–H and O–H groups in total. The molecular formula is C21H27N5O2S. The maximum absolute atomic E-state index is 12.5. The summed E-state index contributed by atoms with van der Waals surface area (Å²) in [7, 11) is 0. The van der Waals surface area contributed by atoms with E-state index in [4.69, 9.17) is 15.5 Å². The third-order valence-electron chi connectivity index (χ3n) is 5.89. The number of hydrogen-bond acceptors (Lipinski definition) is 7. The van der Waals surface area contributed by atoms with Crippen molar-refractivity contribution in [3.63, 3.8) is 0 Å². The molecule has 2 aromatic rings. The third-order valence-corrected chi connectivity index (χ3v) is 7.01. The number of carbonyl (C=O) groups excluding carboxylic acids is 1. The molecule has 3 aliphatic rings. The molecule has 0 saturated carbocycles. The van der Waals surface area contributed by atoms with E-state index in [1.54, 1.807) is 0 Å². The van der Waals surface area contributed by atoms with Crippen molar-refractivity contribution < 1.29 is 9.53 Å². The lowest BCUT2D eigenvalue weighted by atomic mass is 9.94. The summed E-state index contributed by atoms with van der Waals surface area (Å²) in [5, 5.41) is 3.93. The molecule has 0 aliphatic carbocycles. The summed E-state index contributed by atoms with van der Waals surface area (Å²) in [6.07, 6.45) is 1.77. The molecule has 154 valence electrons. The molecule has 1 unspecified atom stereocenters. The Kier molecular flexibility index (Phi) is 4.25. The van der Waals surface area contributed by atoms with Crippen LogP contribution in [0.25, 0.3) is 0 Å². The predicted octanol–water partition coefficient (Wildman–Crippen LogP) is 2.58. The highest BCUT2D eigenvalue weighted by atomic mass is 32.1. The van der Waals surface area contributed by atoms with Gasteiger partial charge < -0.3 is 25.6 Å². The Morgan fingerprint density at radius 1 is 1.31 bits per heavy atom. The number of nitrogens with one attached hydrogen (secondary N) is 1. The van der Waals surface area contributed by atoms with Crippen molar-refractivity contribution in [3.8, 4) is 5.75 Å². The molecule has 0 spiro atoms. The van der Waals surface area contributed by atoms with Crippen LogP contribution < -0.4 is 25.6 Å². The molecule has 1 fully saturated rings. The lowest BCUT2D eigenvalue weighted by Gasteiger charge is -2.31. The smallest absolute Gasteiger partial charge is 0.263 e. The zero-order chi connectivity index (χ0) is 20.3. The fraction of sp³-hybridized carbons (Fsp3) is 0.524. The number of thiazole rings is 1. The number of carbonyl (C=O) groups is 1. The monoisotopic (exact) mass is 413 g/mol. The maximum atomic E-state index is 12.5. The zero-order valence-corrected chi connectivity index (χ0v) is 17.9. The average Bonchev–Trinajstić information content (AvgIpc) is 3.26.